The largest absolute Gasteiger partial charge is 0.494 e. The highest BCUT2D eigenvalue weighted by molar-refractivity contribution is 5.88. The summed E-state index contributed by atoms with van der Waals surface area (Å²) in [6, 6.07) is 6.30. The summed E-state index contributed by atoms with van der Waals surface area (Å²) in [6.45, 7) is 2.84. The maximum Gasteiger partial charge on any atom is 0.335 e. The predicted molar refractivity (Wildman–Crippen MR) is 95.8 cm³/mol. The van der Waals surface area contributed by atoms with Gasteiger partial charge in [0, 0.05) is 26.1 Å². The number of amides is 1. The van der Waals surface area contributed by atoms with Gasteiger partial charge in [0.25, 0.3) is 0 Å². The van der Waals surface area contributed by atoms with Crippen LogP contribution in [-0.2, 0) is 9.59 Å². The van der Waals surface area contributed by atoms with Crippen LogP contribution in [0.5, 0.6) is 5.75 Å². The molecule has 0 saturated carbocycles. The number of aliphatic carboxylic acids is 1. The Bertz CT molecular complexity index is 709. The lowest BCUT2D eigenvalue weighted by molar-refractivity contribution is -0.144. The molecule has 2 fully saturated rings. The molecule has 146 valence electrons. The monoisotopic (exact) mass is 376 g/mol. The Labute approximate surface area is 157 Å². The van der Waals surface area contributed by atoms with Gasteiger partial charge in [-0.15, -0.1) is 0 Å². The van der Waals surface area contributed by atoms with Gasteiger partial charge in [-0.2, -0.15) is 0 Å². The lowest BCUT2D eigenvalue weighted by Crippen LogP contribution is -2.55. The summed E-state index contributed by atoms with van der Waals surface area (Å²) in [5.74, 6) is -2.03. The van der Waals surface area contributed by atoms with Gasteiger partial charge in [-0.05, 0) is 43.5 Å². The average Bonchev–Trinajstić information content (AvgIpc) is 2.97. The molecule has 1 aromatic carbocycles. The van der Waals surface area contributed by atoms with Crippen molar-refractivity contribution in [3.63, 3.8) is 0 Å². The quantitative estimate of drug-likeness (QED) is 0.613. The summed E-state index contributed by atoms with van der Waals surface area (Å²) < 4.78 is 5.63. The summed E-state index contributed by atoms with van der Waals surface area (Å²) in [5, 5.41) is 21.2. The Morgan fingerprint density at radius 2 is 1.85 bits per heavy atom. The van der Waals surface area contributed by atoms with E-state index in [0.717, 1.165) is 26.1 Å². The third-order valence-corrected chi connectivity index (χ3v) is 5.48. The second-order valence-electron chi connectivity index (χ2n) is 7.17. The second kappa shape index (κ2) is 7.96. The van der Waals surface area contributed by atoms with E-state index in [9.17, 15) is 19.5 Å². The lowest BCUT2D eigenvalue weighted by Gasteiger charge is -2.41. The third kappa shape index (κ3) is 4.39. The van der Waals surface area contributed by atoms with Gasteiger partial charge in [0.05, 0.1) is 23.6 Å². The molecule has 27 heavy (non-hydrogen) atoms. The Morgan fingerprint density at radius 3 is 2.44 bits per heavy atom. The summed E-state index contributed by atoms with van der Waals surface area (Å²) >= 11 is 0. The topological polar surface area (TPSA) is 116 Å². The first-order valence-corrected chi connectivity index (χ1v) is 9.12. The van der Waals surface area contributed by atoms with E-state index in [2.05, 4.69) is 10.2 Å². The number of hydrogen-bond donors (Lipinski definition) is 3. The number of nitrogens with zero attached hydrogens (tertiary/aromatic N) is 1. The van der Waals surface area contributed by atoms with Crippen LogP contribution in [0.3, 0.4) is 0 Å². The van der Waals surface area contributed by atoms with Crippen molar-refractivity contribution in [2.24, 2.45) is 5.92 Å². The van der Waals surface area contributed by atoms with Gasteiger partial charge in [0.15, 0.2) is 0 Å². The van der Waals surface area contributed by atoms with Crippen molar-refractivity contribution >= 4 is 17.8 Å². The van der Waals surface area contributed by atoms with E-state index in [4.69, 9.17) is 9.84 Å². The zero-order valence-electron chi connectivity index (χ0n) is 15.0. The number of carbonyl (C=O) groups excluding carboxylic acids is 1. The molecule has 0 unspecified atom stereocenters. The van der Waals surface area contributed by atoms with E-state index in [1.165, 1.54) is 12.1 Å². The molecule has 8 heteroatoms. The number of rotatable bonds is 7. The molecule has 1 amide bonds. The minimum atomic E-state index is -0.965. The first-order valence-electron chi connectivity index (χ1n) is 9.12. The Balaban J connectivity index is 1.40. The van der Waals surface area contributed by atoms with Gasteiger partial charge in [0.2, 0.25) is 5.91 Å². The molecule has 0 aliphatic carbocycles. The average molecular weight is 376 g/mol. The Hall–Kier alpha value is -2.61. The van der Waals surface area contributed by atoms with Crippen LogP contribution in [0.25, 0.3) is 0 Å². The van der Waals surface area contributed by atoms with Gasteiger partial charge in [-0.1, -0.05) is 0 Å². The molecule has 3 rings (SSSR count). The van der Waals surface area contributed by atoms with Crippen LogP contribution >= 0.6 is 0 Å². The summed E-state index contributed by atoms with van der Waals surface area (Å²) in [7, 11) is 0. The molecule has 2 aliphatic heterocycles. The molecule has 0 bridgehead atoms. The van der Waals surface area contributed by atoms with E-state index in [1.807, 2.05) is 0 Å². The highest BCUT2D eigenvalue weighted by Crippen LogP contribution is 2.36. The molecule has 2 saturated heterocycles. The Kier molecular flexibility index (Phi) is 5.65. The molecule has 2 heterocycles. The molecule has 0 radical (unpaired) electrons. The van der Waals surface area contributed by atoms with E-state index in [-0.39, 0.29) is 17.9 Å². The molecule has 3 N–H and O–H groups in total. The van der Waals surface area contributed by atoms with Crippen molar-refractivity contribution in [3.05, 3.63) is 29.8 Å². The number of carboxylic acids is 2. The number of nitrogens with one attached hydrogen (secondary N) is 1. The van der Waals surface area contributed by atoms with Crippen molar-refractivity contribution in [3.8, 4) is 5.75 Å². The second-order valence-corrected chi connectivity index (χ2v) is 7.17. The lowest BCUT2D eigenvalue weighted by atomic mass is 9.78. The van der Waals surface area contributed by atoms with E-state index in [1.54, 1.807) is 12.1 Å². The molecule has 0 aromatic heterocycles. The molecule has 1 spiro atoms. The highest BCUT2D eigenvalue weighted by Gasteiger charge is 2.51. The van der Waals surface area contributed by atoms with Crippen LogP contribution in [0.15, 0.2) is 24.3 Å². The zero-order valence-corrected chi connectivity index (χ0v) is 15.0. The number of carboxylic acid groups (broad SMARTS) is 2. The van der Waals surface area contributed by atoms with Gasteiger partial charge >= 0.3 is 11.9 Å². The summed E-state index contributed by atoms with van der Waals surface area (Å²) in [6.07, 6.45) is 2.17. The number of aromatic carboxylic acids is 1. The normalized spacial score (nSPS) is 21.8. The predicted octanol–water partition coefficient (Wildman–Crippen LogP) is 1.21. The molecule has 1 aromatic rings. The molecular weight excluding hydrogens is 352 g/mol. The number of likely N-dealkylation sites (tertiary alicyclic amines) is 1. The fraction of sp³-hybridized carbons (Fsp3) is 0.526. The van der Waals surface area contributed by atoms with Crippen molar-refractivity contribution in [1.29, 1.82) is 0 Å². The van der Waals surface area contributed by atoms with Crippen molar-refractivity contribution < 1.29 is 29.3 Å². The number of piperidine rings is 1. The number of benzene rings is 1. The van der Waals surface area contributed by atoms with Crippen LogP contribution in [0.2, 0.25) is 0 Å². The van der Waals surface area contributed by atoms with Crippen molar-refractivity contribution in [2.45, 2.75) is 31.2 Å². The van der Waals surface area contributed by atoms with Crippen LogP contribution in [0, 0.1) is 5.92 Å². The fourth-order valence-electron chi connectivity index (χ4n) is 3.94. The van der Waals surface area contributed by atoms with E-state index < -0.39 is 23.4 Å². The van der Waals surface area contributed by atoms with Crippen LogP contribution in [0.4, 0.5) is 0 Å². The highest BCUT2D eigenvalue weighted by atomic mass is 16.5. The van der Waals surface area contributed by atoms with E-state index in [0.29, 0.717) is 25.2 Å². The minimum absolute atomic E-state index is 0.0733. The summed E-state index contributed by atoms with van der Waals surface area (Å²) in [5.41, 5.74) is -0.370. The number of ether oxygens (including phenoxy) is 1. The minimum Gasteiger partial charge on any atom is -0.494 e. The first kappa shape index (κ1) is 19.2. The van der Waals surface area contributed by atoms with Crippen molar-refractivity contribution in [2.75, 3.05) is 26.2 Å². The third-order valence-electron chi connectivity index (χ3n) is 5.48. The molecule has 8 nitrogen and oxygen atoms in total. The fourth-order valence-corrected chi connectivity index (χ4v) is 3.94. The van der Waals surface area contributed by atoms with Crippen LogP contribution in [0.1, 0.15) is 36.0 Å². The molecule has 2 aliphatic rings. The van der Waals surface area contributed by atoms with Crippen LogP contribution < -0.4 is 10.1 Å². The van der Waals surface area contributed by atoms with Crippen molar-refractivity contribution in [1.82, 2.24) is 10.2 Å². The van der Waals surface area contributed by atoms with Gasteiger partial charge in [-0.25, -0.2) is 4.79 Å². The molecule has 1 atom stereocenters. The maximum atomic E-state index is 11.7. The van der Waals surface area contributed by atoms with Gasteiger partial charge in [-0.3, -0.25) is 9.59 Å². The Morgan fingerprint density at radius 1 is 1.19 bits per heavy atom. The van der Waals surface area contributed by atoms with E-state index >= 15 is 0 Å². The van der Waals surface area contributed by atoms with Gasteiger partial charge < -0.3 is 25.2 Å². The number of carbonyl (C=O) groups is 3. The SMILES string of the molecule is O=C1C[C@@H](C(=O)O)C2(CCN(CCCOc3ccc(C(=O)O)cc3)CC2)N1. The summed E-state index contributed by atoms with van der Waals surface area (Å²) in [4.78, 5) is 36.2. The maximum absolute atomic E-state index is 11.7. The zero-order chi connectivity index (χ0) is 19.4. The first-order chi connectivity index (χ1) is 12.9. The van der Waals surface area contributed by atoms with Gasteiger partial charge in [0.1, 0.15) is 5.75 Å². The molecular formula is C19H24N2O6. The number of hydrogen-bond acceptors (Lipinski definition) is 5. The van der Waals surface area contributed by atoms with Crippen LogP contribution in [-0.4, -0.2) is 64.7 Å². The standard InChI is InChI=1S/C19H24N2O6/c22-16-12-15(18(25)26)19(20-16)6-9-21(10-7-19)8-1-11-27-14-4-2-13(3-5-14)17(23)24/h2-5,15H,1,6-12H2,(H,20,22)(H,23,24)(H,25,26)/t15-/m0/s1. The smallest absolute Gasteiger partial charge is 0.335 e.